The number of rotatable bonds is 3. The minimum Gasteiger partial charge on any atom is -0.395 e. The average Bonchev–Trinajstić information content (AvgIpc) is 2.08. The van der Waals surface area contributed by atoms with E-state index >= 15 is 0 Å². The zero-order chi connectivity index (χ0) is 9.90. The van der Waals surface area contributed by atoms with Crippen LogP contribution in [0.2, 0.25) is 0 Å². The monoisotopic (exact) mass is 207 g/mol. The predicted molar refractivity (Wildman–Crippen MR) is 51.4 cm³/mol. The third kappa shape index (κ3) is 3.62. The maximum absolute atomic E-state index is 11.1. The van der Waals surface area contributed by atoms with E-state index in [0.29, 0.717) is 12.8 Å². The summed E-state index contributed by atoms with van der Waals surface area (Å²) in [7, 11) is -2.76. The van der Waals surface area contributed by atoms with Crippen molar-refractivity contribution in [2.45, 2.75) is 31.8 Å². The maximum Gasteiger partial charge on any atom is 0.150 e. The number of hydrogen-bond acceptors (Lipinski definition) is 4. The van der Waals surface area contributed by atoms with E-state index in [1.54, 1.807) is 0 Å². The molecule has 78 valence electrons. The van der Waals surface area contributed by atoms with Gasteiger partial charge in [-0.2, -0.15) is 0 Å². The molecule has 0 bridgehead atoms. The van der Waals surface area contributed by atoms with Crippen molar-refractivity contribution in [1.29, 1.82) is 0 Å². The van der Waals surface area contributed by atoms with Crippen LogP contribution in [0.5, 0.6) is 0 Å². The number of hydrogen-bond donors (Lipinski definition) is 2. The number of aliphatic hydroxyl groups is 1. The molecule has 13 heavy (non-hydrogen) atoms. The first kappa shape index (κ1) is 10.9. The van der Waals surface area contributed by atoms with Crippen LogP contribution >= 0.6 is 0 Å². The van der Waals surface area contributed by atoms with Crippen molar-refractivity contribution in [3.05, 3.63) is 0 Å². The Morgan fingerprint density at radius 3 is 2.46 bits per heavy atom. The van der Waals surface area contributed by atoms with Gasteiger partial charge in [0.05, 0.1) is 18.1 Å². The number of nitrogens with one attached hydrogen (secondary N) is 1. The summed E-state index contributed by atoms with van der Waals surface area (Å²) in [5, 5.41) is 12.0. The van der Waals surface area contributed by atoms with Crippen LogP contribution in [0.3, 0.4) is 0 Å². The van der Waals surface area contributed by atoms with Gasteiger partial charge in [0.25, 0.3) is 0 Å². The molecule has 5 heteroatoms. The molecule has 1 saturated heterocycles. The second-order valence-electron chi connectivity index (χ2n) is 3.68. The van der Waals surface area contributed by atoms with Crippen molar-refractivity contribution < 1.29 is 13.5 Å². The Labute approximate surface area is 79.3 Å². The van der Waals surface area contributed by atoms with Gasteiger partial charge >= 0.3 is 0 Å². The summed E-state index contributed by atoms with van der Waals surface area (Å²) in [6.45, 7) is 1.99. The Balaban J connectivity index is 2.33. The Morgan fingerprint density at radius 1 is 1.46 bits per heavy atom. The Kier molecular flexibility index (Phi) is 3.70. The highest BCUT2D eigenvalue weighted by atomic mass is 32.2. The molecule has 1 atom stereocenters. The van der Waals surface area contributed by atoms with Crippen LogP contribution in [0.15, 0.2) is 0 Å². The Bertz CT molecular complexity index is 236. The summed E-state index contributed by atoms with van der Waals surface area (Å²) in [4.78, 5) is 0. The van der Waals surface area contributed by atoms with Crippen LogP contribution in [0.25, 0.3) is 0 Å². The molecule has 1 fully saturated rings. The summed E-state index contributed by atoms with van der Waals surface area (Å²) in [6.07, 6.45) is 1.35. The summed E-state index contributed by atoms with van der Waals surface area (Å²) < 4.78 is 22.1. The largest absolute Gasteiger partial charge is 0.395 e. The van der Waals surface area contributed by atoms with Gasteiger partial charge in [0.2, 0.25) is 0 Å². The molecule has 0 unspecified atom stereocenters. The fourth-order valence-electron chi connectivity index (χ4n) is 1.51. The zero-order valence-corrected chi connectivity index (χ0v) is 8.68. The van der Waals surface area contributed by atoms with E-state index in [1.807, 2.05) is 6.92 Å². The van der Waals surface area contributed by atoms with Gasteiger partial charge in [-0.3, -0.25) is 0 Å². The zero-order valence-electron chi connectivity index (χ0n) is 7.86. The molecular weight excluding hydrogens is 190 g/mol. The van der Waals surface area contributed by atoms with E-state index < -0.39 is 9.84 Å². The third-order valence-electron chi connectivity index (χ3n) is 2.35. The standard InChI is InChI=1S/C8H17NO3S/c1-7(6-10)9-8-2-4-13(11,12)5-3-8/h7-10H,2-6H2,1H3/t7-/m0/s1. The molecule has 2 N–H and O–H groups in total. The van der Waals surface area contributed by atoms with Gasteiger partial charge in [-0.15, -0.1) is 0 Å². The molecular formula is C8H17NO3S. The lowest BCUT2D eigenvalue weighted by atomic mass is 10.1. The quantitative estimate of drug-likeness (QED) is 0.657. The lowest BCUT2D eigenvalue weighted by Crippen LogP contribution is -2.43. The summed E-state index contributed by atoms with van der Waals surface area (Å²) in [5.41, 5.74) is 0. The molecule has 0 aromatic carbocycles. The lowest BCUT2D eigenvalue weighted by Gasteiger charge is -2.25. The topological polar surface area (TPSA) is 66.4 Å². The van der Waals surface area contributed by atoms with E-state index in [1.165, 1.54) is 0 Å². The lowest BCUT2D eigenvalue weighted by molar-refractivity contribution is 0.237. The van der Waals surface area contributed by atoms with Crippen LogP contribution in [-0.2, 0) is 9.84 Å². The molecule has 1 aliphatic heterocycles. The van der Waals surface area contributed by atoms with E-state index in [2.05, 4.69) is 5.32 Å². The van der Waals surface area contributed by atoms with Gasteiger partial charge in [-0.1, -0.05) is 0 Å². The molecule has 0 amide bonds. The minimum atomic E-state index is -2.76. The van der Waals surface area contributed by atoms with Gasteiger partial charge in [0.1, 0.15) is 9.84 Å². The van der Waals surface area contributed by atoms with Gasteiger partial charge in [0, 0.05) is 12.1 Å². The summed E-state index contributed by atoms with van der Waals surface area (Å²) in [6, 6.07) is 0.316. The first-order valence-corrected chi connectivity index (χ1v) is 6.43. The smallest absolute Gasteiger partial charge is 0.150 e. The molecule has 0 aromatic rings. The normalized spacial score (nSPS) is 25.7. The van der Waals surface area contributed by atoms with Crippen molar-refractivity contribution >= 4 is 9.84 Å². The molecule has 4 nitrogen and oxygen atoms in total. The van der Waals surface area contributed by atoms with Crippen LogP contribution in [0.1, 0.15) is 19.8 Å². The van der Waals surface area contributed by atoms with Crippen molar-refractivity contribution in [3.8, 4) is 0 Å². The predicted octanol–water partition coefficient (Wildman–Crippen LogP) is -0.466. The van der Waals surface area contributed by atoms with Gasteiger partial charge < -0.3 is 10.4 Å². The second-order valence-corrected chi connectivity index (χ2v) is 5.98. The SMILES string of the molecule is C[C@@H](CO)NC1CCS(=O)(=O)CC1. The van der Waals surface area contributed by atoms with E-state index in [-0.39, 0.29) is 30.2 Å². The van der Waals surface area contributed by atoms with E-state index in [4.69, 9.17) is 5.11 Å². The highest BCUT2D eigenvalue weighted by molar-refractivity contribution is 7.91. The molecule has 1 aliphatic rings. The van der Waals surface area contributed by atoms with Crippen LogP contribution in [-0.4, -0.2) is 43.7 Å². The first-order chi connectivity index (χ1) is 6.03. The molecule has 0 radical (unpaired) electrons. The van der Waals surface area contributed by atoms with Crippen molar-refractivity contribution in [1.82, 2.24) is 5.32 Å². The number of aliphatic hydroxyl groups excluding tert-OH is 1. The average molecular weight is 207 g/mol. The number of sulfone groups is 1. The van der Waals surface area contributed by atoms with Gasteiger partial charge in [-0.05, 0) is 19.8 Å². The molecule has 0 aliphatic carbocycles. The van der Waals surface area contributed by atoms with Crippen LogP contribution in [0.4, 0.5) is 0 Å². The van der Waals surface area contributed by atoms with E-state index in [0.717, 1.165) is 0 Å². The summed E-state index contributed by atoms with van der Waals surface area (Å²) >= 11 is 0. The third-order valence-corrected chi connectivity index (χ3v) is 4.06. The fraction of sp³-hybridized carbons (Fsp3) is 1.00. The Hall–Kier alpha value is -0.130. The summed E-state index contributed by atoms with van der Waals surface area (Å²) in [5.74, 6) is 0.561. The van der Waals surface area contributed by atoms with Crippen molar-refractivity contribution in [2.24, 2.45) is 0 Å². The molecule has 1 rings (SSSR count). The van der Waals surface area contributed by atoms with Gasteiger partial charge in [-0.25, -0.2) is 8.42 Å². The molecule has 1 heterocycles. The molecule has 0 saturated carbocycles. The van der Waals surface area contributed by atoms with Crippen LogP contribution in [0, 0.1) is 0 Å². The highest BCUT2D eigenvalue weighted by Gasteiger charge is 2.23. The van der Waals surface area contributed by atoms with Crippen molar-refractivity contribution in [3.63, 3.8) is 0 Å². The highest BCUT2D eigenvalue weighted by Crippen LogP contribution is 2.12. The molecule has 0 spiro atoms. The maximum atomic E-state index is 11.1. The minimum absolute atomic E-state index is 0.0609. The molecule has 0 aromatic heterocycles. The first-order valence-electron chi connectivity index (χ1n) is 4.61. The Morgan fingerprint density at radius 2 is 2.00 bits per heavy atom. The van der Waals surface area contributed by atoms with E-state index in [9.17, 15) is 8.42 Å². The second kappa shape index (κ2) is 4.39. The van der Waals surface area contributed by atoms with Crippen LogP contribution < -0.4 is 5.32 Å². The van der Waals surface area contributed by atoms with Crippen molar-refractivity contribution in [2.75, 3.05) is 18.1 Å². The fourth-order valence-corrected chi connectivity index (χ4v) is 3.00. The van der Waals surface area contributed by atoms with Gasteiger partial charge in [0.15, 0.2) is 0 Å².